The summed E-state index contributed by atoms with van der Waals surface area (Å²) < 4.78 is 41.8. The van der Waals surface area contributed by atoms with Gasteiger partial charge in [-0.3, -0.25) is 14.2 Å². The van der Waals surface area contributed by atoms with Crippen LogP contribution >= 0.6 is 0 Å². The van der Waals surface area contributed by atoms with E-state index in [4.69, 9.17) is 9.94 Å². The SMILES string of the molecule is CC.CC(C)C.O=C(NO)C1(S(=O)(=O)c2ccc(Oc3ccccc3)cc2)CCS(=O)CC1. The summed E-state index contributed by atoms with van der Waals surface area (Å²) in [6, 6.07) is 14.8. The van der Waals surface area contributed by atoms with Crippen LogP contribution in [-0.4, -0.2) is 40.0 Å². The monoisotopic (exact) mass is 497 g/mol. The van der Waals surface area contributed by atoms with Crippen molar-refractivity contribution in [3.63, 3.8) is 0 Å². The van der Waals surface area contributed by atoms with Gasteiger partial charge in [-0.2, -0.15) is 0 Å². The second-order valence-electron chi connectivity index (χ2n) is 7.91. The Morgan fingerprint density at radius 1 is 0.970 bits per heavy atom. The number of hydrogen-bond donors (Lipinski definition) is 2. The van der Waals surface area contributed by atoms with E-state index in [1.807, 2.05) is 32.0 Å². The van der Waals surface area contributed by atoms with E-state index in [0.717, 1.165) is 5.92 Å². The Kier molecular flexibility index (Phi) is 11.8. The van der Waals surface area contributed by atoms with E-state index in [-0.39, 0.29) is 29.2 Å². The van der Waals surface area contributed by atoms with Crippen molar-refractivity contribution in [2.45, 2.75) is 57.1 Å². The molecular weight excluding hydrogens is 462 g/mol. The lowest BCUT2D eigenvalue weighted by Crippen LogP contribution is -2.55. The first-order chi connectivity index (χ1) is 15.6. The number of hydrogen-bond acceptors (Lipinski definition) is 6. The van der Waals surface area contributed by atoms with Crippen molar-refractivity contribution in [2.24, 2.45) is 5.92 Å². The summed E-state index contributed by atoms with van der Waals surface area (Å²) in [5.74, 6) is 1.07. The fraction of sp³-hybridized carbons (Fsp3) is 0.458. The molecule has 0 saturated carbocycles. The third-order valence-electron chi connectivity index (χ3n) is 4.61. The van der Waals surface area contributed by atoms with Gasteiger partial charge in [0.05, 0.1) is 4.90 Å². The van der Waals surface area contributed by atoms with Gasteiger partial charge >= 0.3 is 0 Å². The number of para-hydroxylation sites is 1. The highest BCUT2D eigenvalue weighted by Crippen LogP contribution is 2.36. The number of ether oxygens (including phenoxy) is 1. The first kappa shape index (κ1) is 28.8. The summed E-state index contributed by atoms with van der Waals surface area (Å²) in [6.07, 6.45) is -0.229. The molecule has 33 heavy (non-hydrogen) atoms. The largest absolute Gasteiger partial charge is 0.457 e. The Balaban J connectivity index is 0.000000820. The van der Waals surface area contributed by atoms with Gasteiger partial charge in [-0.1, -0.05) is 52.8 Å². The van der Waals surface area contributed by atoms with E-state index >= 15 is 0 Å². The maximum atomic E-state index is 13.2. The standard InChI is InChI=1S/C18H19NO6S2.C4H10.C2H6/c20-17(19-21)18(10-12-26(22)13-11-18)27(23,24)16-8-6-15(7-9-16)25-14-4-2-1-3-5-14;1-4(2)3;1-2/h1-9,21H,10-13H2,(H,19,20);4H,1-3H3;1-2H3. The molecule has 2 aromatic carbocycles. The summed E-state index contributed by atoms with van der Waals surface area (Å²) >= 11 is 0. The zero-order valence-corrected chi connectivity index (χ0v) is 21.5. The molecule has 7 nitrogen and oxygen atoms in total. The molecule has 0 spiro atoms. The predicted octanol–water partition coefficient (Wildman–Crippen LogP) is 4.73. The van der Waals surface area contributed by atoms with Crippen LogP contribution in [0.5, 0.6) is 11.5 Å². The van der Waals surface area contributed by atoms with Crippen LogP contribution in [-0.2, 0) is 25.4 Å². The molecule has 1 amide bonds. The normalized spacial score (nSPS) is 19.9. The second kappa shape index (κ2) is 13.5. The number of carbonyl (C=O) groups excluding carboxylic acids is 1. The van der Waals surface area contributed by atoms with Gasteiger partial charge in [0.1, 0.15) is 11.5 Å². The molecule has 1 fully saturated rings. The molecule has 0 unspecified atom stereocenters. The maximum absolute atomic E-state index is 13.2. The second-order valence-corrected chi connectivity index (χ2v) is 11.9. The van der Waals surface area contributed by atoms with E-state index in [1.54, 1.807) is 12.1 Å². The Morgan fingerprint density at radius 2 is 1.42 bits per heavy atom. The van der Waals surface area contributed by atoms with Gasteiger partial charge in [-0.05, 0) is 55.2 Å². The minimum atomic E-state index is -4.11. The maximum Gasteiger partial charge on any atom is 0.265 e. The summed E-state index contributed by atoms with van der Waals surface area (Å²) in [5, 5.41) is 9.08. The summed E-state index contributed by atoms with van der Waals surface area (Å²) in [5.41, 5.74) is 1.47. The van der Waals surface area contributed by atoms with Crippen molar-refractivity contribution in [2.75, 3.05) is 11.5 Å². The number of hydroxylamine groups is 1. The quantitative estimate of drug-likeness (QED) is 0.457. The average Bonchev–Trinajstić information content (AvgIpc) is 2.81. The number of nitrogens with one attached hydrogen (secondary N) is 1. The Morgan fingerprint density at radius 3 is 1.88 bits per heavy atom. The lowest BCUT2D eigenvalue weighted by molar-refractivity contribution is -0.132. The molecule has 9 heteroatoms. The molecule has 1 aliphatic rings. The first-order valence-corrected chi connectivity index (χ1v) is 14.0. The Bertz CT molecular complexity index is 977. The highest BCUT2D eigenvalue weighted by atomic mass is 32.2. The van der Waals surface area contributed by atoms with Gasteiger partial charge in [-0.15, -0.1) is 0 Å². The van der Waals surface area contributed by atoms with Gasteiger partial charge in [-0.25, -0.2) is 13.9 Å². The molecule has 3 rings (SSSR count). The highest BCUT2D eigenvalue weighted by Gasteiger charge is 2.52. The first-order valence-electron chi connectivity index (χ1n) is 11.0. The van der Waals surface area contributed by atoms with Crippen LogP contribution in [0.25, 0.3) is 0 Å². The van der Waals surface area contributed by atoms with E-state index in [9.17, 15) is 17.4 Å². The van der Waals surface area contributed by atoms with Crippen molar-refractivity contribution in [1.29, 1.82) is 0 Å². The van der Waals surface area contributed by atoms with Crippen molar-refractivity contribution in [3.8, 4) is 11.5 Å². The molecule has 1 heterocycles. The lowest BCUT2D eigenvalue weighted by atomic mass is 10.0. The van der Waals surface area contributed by atoms with E-state index in [0.29, 0.717) is 11.5 Å². The van der Waals surface area contributed by atoms with Crippen LogP contribution in [0.3, 0.4) is 0 Å². The minimum absolute atomic E-state index is 0.0563. The third-order valence-corrected chi connectivity index (χ3v) is 8.44. The van der Waals surface area contributed by atoms with E-state index in [2.05, 4.69) is 20.8 Å². The molecule has 184 valence electrons. The lowest BCUT2D eigenvalue weighted by Gasteiger charge is -2.33. The zero-order valence-electron chi connectivity index (χ0n) is 19.9. The molecule has 2 aromatic rings. The molecule has 0 radical (unpaired) electrons. The molecule has 1 aliphatic heterocycles. The highest BCUT2D eigenvalue weighted by molar-refractivity contribution is 7.94. The number of carbonyl (C=O) groups is 1. The van der Waals surface area contributed by atoms with Crippen molar-refractivity contribution in [1.82, 2.24) is 5.48 Å². The molecular formula is C24H35NO6S2. The van der Waals surface area contributed by atoms with Crippen LogP contribution in [0.2, 0.25) is 0 Å². The molecule has 0 aromatic heterocycles. The number of benzene rings is 2. The third kappa shape index (κ3) is 7.65. The van der Waals surface area contributed by atoms with Gasteiger partial charge in [0.2, 0.25) is 0 Å². The predicted molar refractivity (Wildman–Crippen MR) is 132 cm³/mol. The van der Waals surface area contributed by atoms with Crippen molar-refractivity contribution >= 4 is 26.5 Å². The molecule has 0 bridgehead atoms. The summed E-state index contributed by atoms with van der Waals surface area (Å²) in [4.78, 5) is 12.2. The van der Waals surface area contributed by atoms with Gasteiger partial charge in [0.15, 0.2) is 14.6 Å². The van der Waals surface area contributed by atoms with Crippen LogP contribution in [0, 0.1) is 5.92 Å². The Hall–Kier alpha value is -2.23. The average molecular weight is 498 g/mol. The van der Waals surface area contributed by atoms with Crippen molar-refractivity contribution in [3.05, 3.63) is 54.6 Å². The van der Waals surface area contributed by atoms with Crippen molar-refractivity contribution < 1.29 is 27.4 Å². The molecule has 0 aliphatic carbocycles. The topological polar surface area (TPSA) is 110 Å². The zero-order chi connectivity index (χ0) is 25.1. The molecule has 1 saturated heterocycles. The van der Waals surface area contributed by atoms with Gasteiger partial charge in [0.25, 0.3) is 5.91 Å². The van der Waals surface area contributed by atoms with Gasteiger partial charge in [0, 0.05) is 22.3 Å². The number of amides is 1. The van der Waals surface area contributed by atoms with Crippen LogP contribution < -0.4 is 10.2 Å². The fourth-order valence-corrected chi connectivity index (χ4v) is 6.63. The minimum Gasteiger partial charge on any atom is -0.457 e. The van der Waals surface area contributed by atoms with Crippen LogP contribution in [0.15, 0.2) is 59.5 Å². The number of sulfone groups is 1. The van der Waals surface area contributed by atoms with E-state index < -0.39 is 31.3 Å². The van der Waals surface area contributed by atoms with E-state index in [1.165, 1.54) is 29.7 Å². The van der Waals surface area contributed by atoms with Crippen LogP contribution in [0.4, 0.5) is 0 Å². The number of rotatable bonds is 5. The molecule has 2 N–H and O–H groups in total. The molecule has 0 atom stereocenters. The Labute approximate surface area is 199 Å². The summed E-state index contributed by atoms with van der Waals surface area (Å²) in [7, 11) is -5.28. The van der Waals surface area contributed by atoms with Crippen LogP contribution in [0.1, 0.15) is 47.5 Å². The summed E-state index contributed by atoms with van der Waals surface area (Å²) in [6.45, 7) is 10.5. The fourth-order valence-electron chi connectivity index (χ4n) is 3.04. The smallest absolute Gasteiger partial charge is 0.265 e. The van der Waals surface area contributed by atoms with Gasteiger partial charge < -0.3 is 4.74 Å².